The van der Waals surface area contributed by atoms with Gasteiger partial charge in [0.25, 0.3) is 0 Å². The maximum absolute atomic E-state index is 12.6. The molecule has 1 N–H and O–H groups in total. The largest absolute Gasteiger partial charge is 0.497 e. The number of amides is 1. The highest BCUT2D eigenvalue weighted by Gasteiger charge is 2.40. The van der Waals surface area contributed by atoms with Gasteiger partial charge in [-0.2, -0.15) is 0 Å². The molecule has 0 aliphatic heterocycles. The second-order valence-electron chi connectivity index (χ2n) is 7.83. The van der Waals surface area contributed by atoms with Crippen molar-refractivity contribution in [3.05, 3.63) is 42.5 Å². The summed E-state index contributed by atoms with van der Waals surface area (Å²) < 4.78 is 10.7. The molecule has 2 fully saturated rings. The fourth-order valence-electron chi connectivity index (χ4n) is 4.86. The lowest BCUT2D eigenvalue weighted by molar-refractivity contribution is -0.117. The summed E-state index contributed by atoms with van der Waals surface area (Å²) in [5.41, 5.74) is 2.80. The second-order valence-corrected chi connectivity index (χ2v) is 7.83. The minimum absolute atomic E-state index is 0.124. The lowest BCUT2D eigenvalue weighted by Crippen LogP contribution is -2.20. The molecule has 4 rings (SSSR count). The summed E-state index contributed by atoms with van der Waals surface area (Å²) in [6.45, 7) is 0. The van der Waals surface area contributed by atoms with Crippen molar-refractivity contribution in [2.45, 2.75) is 32.1 Å². The van der Waals surface area contributed by atoms with Gasteiger partial charge in [-0.1, -0.05) is 18.6 Å². The van der Waals surface area contributed by atoms with E-state index in [0.717, 1.165) is 40.1 Å². The van der Waals surface area contributed by atoms with Crippen molar-refractivity contribution in [1.82, 2.24) is 0 Å². The van der Waals surface area contributed by atoms with Gasteiger partial charge in [0.2, 0.25) is 5.91 Å². The topological polar surface area (TPSA) is 47.6 Å². The number of nitrogens with one attached hydrogen (secondary N) is 1. The van der Waals surface area contributed by atoms with E-state index in [1.54, 1.807) is 14.2 Å². The van der Waals surface area contributed by atoms with Gasteiger partial charge in [-0.25, -0.2) is 0 Å². The van der Waals surface area contributed by atoms with Crippen LogP contribution in [0.2, 0.25) is 0 Å². The van der Waals surface area contributed by atoms with Crippen LogP contribution in [0.5, 0.6) is 11.5 Å². The Balaban J connectivity index is 1.48. The average Bonchev–Trinajstić information content (AvgIpc) is 3.31. The van der Waals surface area contributed by atoms with Crippen LogP contribution in [0.3, 0.4) is 0 Å². The highest BCUT2D eigenvalue weighted by molar-refractivity contribution is 5.92. The Hall–Kier alpha value is -2.49. The first-order valence-corrected chi connectivity index (χ1v) is 9.78. The van der Waals surface area contributed by atoms with Gasteiger partial charge in [-0.3, -0.25) is 4.79 Å². The zero-order valence-corrected chi connectivity index (χ0v) is 16.0. The predicted molar refractivity (Wildman–Crippen MR) is 107 cm³/mol. The Labute approximate surface area is 160 Å². The molecule has 2 bridgehead atoms. The van der Waals surface area contributed by atoms with Gasteiger partial charge >= 0.3 is 0 Å². The molecule has 3 atom stereocenters. The molecule has 0 heterocycles. The van der Waals surface area contributed by atoms with E-state index in [0.29, 0.717) is 12.3 Å². The summed E-state index contributed by atoms with van der Waals surface area (Å²) in [6, 6.07) is 13.6. The van der Waals surface area contributed by atoms with Crippen molar-refractivity contribution in [2.24, 2.45) is 17.8 Å². The number of fused-ring (bicyclic) bond motifs is 2. The van der Waals surface area contributed by atoms with Crippen molar-refractivity contribution in [3.63, 3.8) is 0 Å². The van der Waals surface area contributed by atoms with Crippen LogP contribution < -0.4 is 14.8 Å². The van der Waals surface area contributed by atoms with E-state index in [1.807, 2.05) is 42.5 Å². The maximum Gasteiger partial charge on any atom is 0.224 e. The molecular formula is C23H27NO3. The van der Waals surface area contributed by atoms with Crippen LogP contribution in [0.1, 0.15) is 32.1 Å². The van der Waals surface area contributed by atoms with Crippen LogP contribution in [0.25, 0.3) is 11.1 Å². The molecule has 2 aliphatic rings. The third-order valence-corrected chi connectivity index (χ3v) is 6.22. The third kappa shape index (κ3) is 3.80. The molecule has 2 aromatic carbocycles. The summed E-state index contributed by atoms with van der Waals surface area (Å²) in [6.07, 6.45) is 5.89. The lowest BCUT2D eigenvalue weighted by Gasteiger charge is -2.21. The summed E-state index contributed by atoms with van der Waals surface area (Å²) in [7, 11) is 3.32. The standard InChI is InChI=1S/C23H27NO3/c1-26-20-8-5-16(6-9-20)21-14-19(7-10-22(21)27-2)24-23(25)13-18-12-15-3-4-17(18)11-15/h5-10,14-15,17-18H,3-4,11-13H2,1-2H3,(H,24,25)/t15-,17-,18+/m1/s1. The predicted octanol–water partition coefficient (Wildman–Crippen LogP) is 5.14. The SMILES string of the molecule is COc1ccc(-c2cc(NC(=O)C[C@@H]3C[C@@H]4CC[C@@H]3C4)ccc2OC)cc1. The Morgan fingerprint density at radius 3 is 2.48 bits per heavy atom. The number of carbonyl (C=O) groups excluding carboxylic acids is 1. The maximum atomic E-state index is 12.6. The number of anilines is 1. The Bertz CT molecular complexity index is 815. The molecule has 0 aromatic heterocycles. The molecule has 0 unspecified atom stereocenters. The van der Waals surface area contributed by atoms with E-state index in [9.17, 15) is 4.79 Å². The van der Waals surface area contributed by atoms with Gasteiger partial charge in [0, 0.05) is 17.7 Å². The van der Waals surface area contributed by atoms with Gasteiger partial charge in [0.15, 0.2) is 0 Å². The first kappa shape index (κ1) is 17.9. The molecule has 0 radical (unpaired) electrons. The fraction of sp³-hybridized carbons (Fsp3) is 0.435. The lowest BCUT2D eigenvalue weighted by atomic mass is 9.86. The Morgan fingerprint density at radius 1 is 1.04 bits per heavy atom. The third-order valence-electron chi connectivity index (χ3n) is 6.22. The molecule has 1 amide bonds. The highest BCUT2D eigenvalue weighted by atomic mass is 16.5. The molecule has 27 heavy (non-hydrogen) atoms. The number of carbonyl (C=O) groups is 1. The summed E-state index contributed by atoms with van der Waals surface area (Å²) >= 11 is 0. The van der Waals surface area contributed by atoms with Crippen molar-refractivity contribution in [1.29, 1.82) is 0 Å². The van der Waals surface area contributed by atoms with Gasteiger partial charge in [0.05, 0.1) is 14.2 Å². The van der Waals surface area contributed by atoms with Gasteiger partial charge in [0.1, 0.15) is 11.5 Å². The zero-order chi connectivity index (χ0) is 18.8. The first-order valence-electron chi connectivity index (χ1n) is 9.78. The van der Waals surface area contributed by atoms with Crippen molar-refractivity contribution in [3.8, 4) is 22.6 Å². The van der Waals surface area contributed by atoms with Crippen LogP contribution in [-0.2, 0) is 4.79 Å². The van der Waals surface area contributed by atoms with Crippen LogP contribution in [-0.4, -0.2) is 20.1 Å². The monoisotopic (exact) mass is 365 g/mol. The number of ether oxygens (including phenoxy) is 2. The van der Waals surface area contributed by atoms with Crippen LogP contribution in [0.15, 0.2) is 42.5 Å². The number of hydrogen-bond donors (Lipinski definition) is 1. The van der Waals surface area contributed by atoms with Crippen molar-refractivity contribution >= 4 is 11.6 Å². The van der Waals surface area contributed by atoms with Crippen molar-refractivity contribution in [2.75, 3.05) is 19.5 Å². The van der Waals surface area contributed by atoms with Crippen LogP contribution >= 0.6 is 0 Å². The van der Waals surface area contributed by atoms with E-state index in [-0.39, 0.29) is 5.91 Å². The molecule has 4 nitrogen and oxygen atoms in total. The summed E-state index contributed by atoms with van der Waals surface area (Å²) in [5.74, 6) is 3.93. The normalized spacial score (nSPS) is 23.3. The average molecular weight is 365 g/mol. The number of benzene rings is 2. The number of rotatable bonds is 6. The number of methoxy groups -OCH3 is 2. The summed E-state index contributed by atoms with van der Waals surface area (Å²) in [5, 5.41) is 3.09. The van der Waals surface area contributed by atoms with Gasteiger partial charge < -0.3 is 14.8 Å². The number of hydrogen-bond acceptors (Lipinski definition) is 3. The van der Waals surface area contributed by atoms with E-state index in [4.69, 9.17) is 9.47 Å². The Morgan fingerprint density at radius 2 is 1.85 bits per heavy atom. The minimum Gasteiger partial charge on any atom is -0.497 e. The molecular weight excluding hydrogens is 338 g/mol. The Kier molecular flexibility index (Phi) is 5.06. The molecule has 2 aromatic rings. The quantitative estimate of drug-likeness (QED) is 0.771. The molecule has 0 spiro atoms. The molecule has 4 heteroatoms. The van der Waals surface area contributed by atoms with E-state index in [1.165, 1.54) is 25.7 Å². The van der Waals surface area contributed by atoms with E-state index < -0.39 is 0 Å². The molecule has 2 aliphatic carbocycles. The summed E-state index contributed by atoms with van der Waals surface area (Å²) in [4.78, 5) is 12.6. The smallest absolute Gasteiger partial charge is 0.224 e. The van der Waals surface area contributed by atoms with Crippen molar-refractivity contribution < 1.29 is 14.3 Å². The molecule has 142 valence electrons. The van der Waals surface area contributed by atoms with Gasteiger partial charge in [-0.15, -0.1) is 0 Å². The van der Waals surface area contributed by atoms with Crippen LogP contribution in [0, 0.1) is 17.8 Å². The van der Waals surface area contributed by atoms with Gasteiger partial charge in [-0.05, 0) is 72.9 Å². The van der Waals surface area contributed by atoms with E-state index >= 15 is 0 Å². The minimum atomic E-state index is 0.124. The first-order chi connectivity index (χ1) is 13.2. The highest BCUT2D eigenvalue weighted by Crippen LogP contribution is 2.49. The second kappa shape index (κ2) is 7.63. The van der Waals surface area contributed by atoms with Crippen LogP contribution in [0.4, 0.5) is 5.69 Å². The van der Waals surface area contributed by atoms with E-state index in [2.05, 4.69) is 5.32 Å². The fourth-order valence-corrected chi connectivity index (χ4v) is 4.86. The molecule has 0 saturated heterocycles. The molecule has 2 saturated carbocycles. The zero-order valence-electron chi connectivity index (χ0n) is 16.0.